The van der Waals surface area contributed by atoms with Crippen LogP contribution in [0.15, 0.2) is 23.5 Å². The average molecular weight is 282 g/mol. The molecule has 4 N–H and O–H groups in total. The Hall–Kier alpha value is -1.76. The molecule has 7 heteroatoms. The van der Waals surface area contributed by atoms with Crippen LogP contribution in [0.25, 0.3) is 0 Å². The molecule has 0 aliphatic heterocycles. The number of carbonyl (C=O) groups excluding carboxylic acids is 1. The van der Waals surface area contributed by atoms with Crippen molar-refractivity contribution in [3.8, 4) is 0 Å². The summed E-state index contributed by atoms with van der Waals surface area (Å²) in [6, 6.07) is 3.22. The van der Waals surface area contributed by atoms with Crippen LogP contribution in [-0.2, 0) is 0 Å². The molecule has 1 amide bonds. The van der Waals surface area contributed by atoms with E-state index in [2.05, 4.69) is 22.4 Å². The first-order chi connectivity index (χ1) is 9.08. The van der Waals surface area contributed by atoms with Crippen molar-refractivity contribution < 1.29 is 10.0 Å². The SMILES string of the molecule is CCSCC(C)NC(=O)c1ccc(/C(N)=N/O)cn1. The van der Waals surface area contributed by atoms with Crippen LogP contribution in [0.5, 0.6) is 0 Å². The standard InChI is InChI=1S/C12H18N4O2S/c1-3-19-7-8(2)15-12(17)10-5-4-9(6-14-10)11(13)16-18/h4-6,8,18H,3,7H2,1-2H3,(H2,13,16)(H,15,17). The van der Waals surface area contributed by atoms with E-state index < -0.39 is 0 Å². The molecule has 0 saturated heterocycles. The molecule has 0 radical (unpaired) electrons. The highest BCUT2D eigenvalue weighted by molar-refractivity contribution is 7.99. The number of hydrogen-bond donors (Lipinski definition) is 3. The lowest BCUT2D eigenvalue weighted by Crippen LogP contribution is -2.34. The Morgan fingerprint density at radius 2 is 2.37 bits per heavy atom. The maximum Gasteiger partial charge on any atom is 0.270 e. The summed E-state index contributed by atoms with van der Waals surface area (Å²) in [5.41, 5.74) is 6.19. The molecule has 0 spiro atoms. The summed E-state index contributed by atoms with van der Waals surface area (Å²) in [5, 5.41) is 14.2. The zero-order valence-electron chi connectivity index (χ0n) is 11.0. The Morgan fingerprint density at radius 1 is 1.63 bits per heavy atom. The third-order valence-corrected chi connectivity index (χ3v) is 3.49. The number of aromatic nitrogens is 1. The number of nitrogens with zero attached hydrogens (tertiary/aromatic N) is 2. The van der Waals surface area contributed by atoms with Gasteiger partial charge in [-0.25, -0.2) is 0 Å². The van der Waals surface area contributed by atoms with Crippen molar-refractivity contribution in [2.75, 3.05) is 11.5 Å². The van der Waals surface area contributed by atoms with Crippen molar-refractivity contribution in [2.45, 2.75) is 19.9 Å². The summed E-state index contributed by atoms with van der Waals surface area (Å²) in [6.45, 7) is 4.03. The molecule has 1 heterocycles. The smallest absolute Gasteiger partial charge is 0.270 e. The van der Waals surface area contributed by atoms with Crippen molar-refractivity contribution in [3.05, 3.63) is 29.6 Å². The fourth-order valence-electron chi connectivity index (χ4n) is 1.37. The first-order valence-electron chi connectivity index (χ1n) is 5.91. The highest BCUT2D eigenvalue weighted by Crippen LogP contribution is 2.04. The van der Waals surface area contributed by atoms with Crippen LogP contribution in [-0.4, -0.2) is 39.5 Å². The molecule has 1 rings (SSSR count). The predicted molar refractivity (Wildman–Crippen MR) is 76.7 cm³/mol. The second-order valence-corrected chi connectivity index (χ2v) is 5.27. The van der Waals surface area contributed by atoms with E-state index in [1.165, 1.54) is 6.20 Å². The zero-order chi connectivity index (χ0) is 14.3. The third kappa shape index (κ3) is 4.78. The van der Waals surface area contributed by atoms with Crippen molar-refractivity contribution in [1.82, 2.24) is 10.3 Å². The lowest BCUT2D eigenvalue weighted by atomic mass is 10.2. The second kappa shape index (κ2) is 7.63. The van der Waals surface area contributed by atoms with Crippen molar-refractivity contribution in [1.29, 1.82) is 0 Å². The highest BCUT2D eigenvalue weighted by atomic mass is 32.2. The molecular weight excluding hydrogens is 264 g/mol. The van der Waals surface area contributed by atoms with Crippen LogP contribution in [0.4, 0.5) is 0 Å². The van der Waals surface area contributed by atoms with Gasteiger partial charge >= 0.3 is 0 Å². The molecule has 104 valence electrons. The predicted octanol–water partition coefficient (Wildman–Crippen LogP) is 1.05. The minimum Gasteiger partial charge on any atom is -0.409 e. The van der Waals surface area contributed by atoms with E-state index in [1.807, 2.05) is 6.92 Å². The Bertz CT molecular complexity index is 448. The molecule has 0 aliphatic carbocycles. The monoisotopic (exact) mass is 282 g/mol. The van der Waals surface area contributed by atoms with Gasteiger partial charge in [0.1, 0.15) is 5.69 Å². The number of oxime groups is 1. The van der Waals surface area contributed by atoms with E-state index in [4.69, 9.17) is 10.9 Å². The van der Waals surface area contributed by atoms with Gasteiger partial charge in [-0.05, 0) is 24.8 Å². The summed E-state index contributed by atoms with van der Waals surface area (Å²) in [4.78, 5) is 15.9. The topological polar surface area (TPSA) is 101 Å². The summed E-state index contributed by atoms with van der Waals surface area (Å²) >= 11 is 1.77. The van der Waals surface area contributed by atoms with Crippen LogP contribution in [0, 0.1) is 0 Å². The summed E-state index contributed by atoms with van der Waals surface area (Å²) in [7, 11) is 0. The minimum atomic E-state index is -0.227. The van der Waals surface area contributed by atoms with E-state index in [1.54, 1.807) is 23.9 Å². The van der Waals surface area contributed by atoms with Gasteiger partial charge in [0.05, 0.1) is 0 Å². The fraction of sp³-hybridized carbons (Fsp3) is 0.417. The number of nitrogens with two attached hydrogens (primary N) is 1. The first kappa shape index (κ1) is 15.3. The van der Waals surface area contributed by atoms with Crippen LogP contribution in [0.3, 0.4) is 0 Å². The quantitative estimate of drug-likeness (QED) is 0.313. The molecule has 1 unspecified atom stereocenters. The Labute approximate surface area is 116 Å². The molecule has 0 fully saturated rings. The van der Waals surface area contributed by atoms with Gasteiger partial charge in [0, 0.05) is 23.6 Å². The maximum atomic E-state index is 11.9. The molecule has 1 aromatic rings. The zero-order valence-corrected chi connectivity index (χ0v) is 11.8. The van der Waals surface area contributed by atoms with Crippen molar-refractivity contribution >= 4 is 23.5 Å². The van der Waals surface area contributed by atoms with Gasteiger partial charge in [-0.1, -0.05) is 12.1 Å². The van der Waals surface area contributed by atoms with E-state index in [9.17, 15) is 4.79 Å². The molecular formula is C12H18N4O2S. The van der Waals surface area contributed by atoms with Gasteiger partial charge in [-0.15, -0.1) is 0 Å². The van der Waals surface area contributed by atoms with Crippen molar-refractivity contribution in [3.63, 3.8) is 0 Å². The number of amidine groups is 1. The molecule has 0 aromatic carbocycles. The van der Waals surface area contributed by atoms with Gasteiger partial charge in [0.25, 0.3) is 5.91 Å². The minimum absolute atomic E-state index is 0.0350. The number of pyridine rings is 1. The van der Waals surface area contributed by atoms with Gasteiger partial charge in [0.15, 0.2) is 5.84 Å². The Morgan fingerprint density at radius 3 is 2.89 bits per heavy atom. The molecule has 0 bridgehead atoms. The van der Waals surface area contributed by atoms with E-state index in [-0.39, 0.29) is 17.8 Å². The van der Waals surface area contributed by atoms with Crippen molar-refractivity contribution in [2.24, 2.45) is 10.9 Å². The maximum absolute atomic E-state index is 11.9. The summed E-state index contributed by atoms with van der Waals surface area (Å²) < 4.78 is 0. The molecule has 0 aliphatic rings. The summed E-state index contributed by atoms with van der Waals surface area (Å²) in [5.74, 6) is 1.62. The van der Waals surface area contributed by atoms with E-state index >= 15 is 0 Å². The lowest BCUT2D eigenvalue weighted by molar-refractivity contribution is 0.0938. The molecule has 1 atom stereocenters. The number of thioether (sulfide) groups is 1. The van der Waals surface area contributed by atoms with E-state index in [0.717, 1.165) is 11.5 Å². The second-order valence-electron chi connectivity index (χ2n) is 3.95. The highest BCUT2D eigenvalue weighted by Gasteiger charge is 2.11. The third-order valence-electron chi connectivity index (χ3n) is 2.35. The number of nitrogens with one attached hydrogen (secondary N) is 1. The summed E-state index contributed by atoms with van der Waals surface area (Å²) in [6.07, 6.45) is 1.40. The molecule has 19 heavy (non-hydrogen) atoms. The largest absolute Gasteiger partial charge is 0.409 e. The Kier molecular flexibility index (Phi) is 6.14. The average Bonchev–Trinajstić information content (AvgIpc) is 2.44. The number of amides is 1. The van der Waals surface area contributed by atoms with Gasteiger partial charge in [-0.3, -0.25) is 9.78 Å². The van der Waals surface area contributed by atoms with E-state index in [0.29, 0.717) is 11.3 Å². The first-order valence-corrected chi connectivity index (χ1v) is 7.06. The molecule has 1 aromatic heterocycles. The van der Waals surface area contributed by atoms with Crippen LogP contribution in [0.2, 0.25) is 0 Å². The van der Waals surface area contributed by atoms with Gasteiger partial charge in [-0.2, -0.15) is 11.8 Å². The van der Waals surface area contributed by atoms with Crippen LogP contribution in [0.1, 0.15) is 29.9 Å². The van der Waals surface area contributed by atoms with Gasteiger partial charge < -0.3 is 16.3 Å². The lowest BCUT2D eigenvalue weighted by Gasteiger charge is -2.12. The normalized spacial score (nSPS) is 13.1. The van der Waals surface area contributed by atoms with Gasteiger partial charge in [0.2, 0.25) is 0 Å². The molecule has 0 saturated carbocycles. The number of rotatable bonds is 6. The number of hydrogen-bond acceptors (Lipinski definition) is 5. The fourth-order valence-corrected chi connectivity index (χ4v) is 2.04. The van der Waals surface area contributed by atoms with Crippen LogP contribution < -0.4 is 11.1 Å². The van der Waals surface area contributed by atoms with Crippen LogP contribution >= 0.6 is 11.8 Å². The number of carbonyl (C=O) groups is 1. The Balaban J connectivity index is 2.63. The molecule has 6 nitrogen and oxygen atoms in total.